The molecule has 0 saturated heterocycles. The first kappa shape index (κ1) is 24.6. The third-order valence-electron chi connectivity index (χ3n) is 5.18. The van der Waals surface area contributed by atoms with Gasteiger partial charge in [0.2, 0.25) is 0 Å². The lowest BCUT2D eigenvalue weighted by Gasteiger charge is -2.15. The third kappa shape index (κ3) is 4.96. The van der Waals surface area contributed by atoms with Crippen LogP contribution in [0.2, 0.25) is 0 Å². The molecule has 3 aromatic carbocycles. The van der Waals surface area contributed by atoms with Gasteiger partial charge in [-0.3, -0.25) is 14.4 Å². The Hall–Kier alpha value is -4.50. The van der Waals surface area contributed by atoms with Gasteiger partial charge >= 0.3 is 5.97 Å². The summed E-state index contributed by atoms with van der Waals surface area (Å²) in [5.74, 6) is -3.14. The molecular formula is C26H19ClFN3O5. The van der Waals surface area contributed by atoms with Crippen molar-refractivity contribution in [3.05, 3.63) is 100 Å². The zero-order valence-corrected chi connectivity index (χ0v) is 19.6. The standard InChI is InChI=1S/C26H19ClFN3O5/c1-2-36-26(35)15-10-12-18(13-11-15)31-24(33)21(27)22(25(31)34)29-17-7-5-6-16(14-17)23(32)30-20-9-4-3-8-19(20)28/h3-14,29H,2H2,1H3,(H,30,32). The van der Waals surface area contributed by atoms with E-state index in [-0.39, 0.29) is 39.8 Å². The van der Waals surface area contributed by atoms with Crippen molar-refractivity contribution in [2.75, 3.05) is 22.1 Å². The van der Waals surface area contributed by atoms with E-state index in [4.69, 9.17) is 16.3 Å². The van der Waals surface area contributed by atoms with Crippen LogP contribution in [0.1, 0.15) is 27.6 Å². The molecule has 0 aliphatic carbocycles. The van der Waals surface area contributed by atoms with E-state index >= 15 is 0 Å². The first-order chi connectivity index (χ1) is 17.3. The van der Waals surface area contributed by atoms with Crippen LogP contribution < -0.4 is 15.5 Å². The van der Waals surface area contributed by atoms with E-state index in [1.807, 2.05) is 0 Å². The van der Waals surface area contributed by atoms with Gasteiger partial charge in [0.05, 0.1) is 23.5 Å². The number of amides is 3. The molecule has 0 unspecified atom stereocenters. The number of nitrogens with zero attached hydrogens (tertiary/aromatic N) is 1. The summed E-state index contributed by atoms with van der Waals surface area (Å²) in [6, 6.07) is 17.6. The van der Waals surface area contributed by atoms with Gasteiger partial charge in [-0.2, -0.15) is 0 Å². The summed E-state index contributed by atoms with van der Waals surface area (Å²) in [6.45, 7) is 1.89. The highest BCUT2D eigenvalue weighted by Gasteiger charge is 2.39. The summed E-state index contributed by atoms with van der Waals surface area (Å²) in [7, 11) is 0. The molecule has 2 N–H and O–H groups in total. The van der Waals surface area contributed by atoms with Gasteiger partial charge < -0.3 is 15.4 Å². The molecule has 0 spiro atoms. The number of nitrogens with one attached hydrogen (secondary N) is 2. The summed E-state index contributed by atoms with van der Waals surface area (Å²) >= 11 is 6.18. The molecule has 8 nitrogen and oxygen atoms in total. The molecule has 10 heteroatoms. The number of carbonyl (C=O) groups is 4. The Balaban J connectivity index is 1.51. The van der Waals surface area contributed by atoms with E-state index in [1.165, 1.54) is 54.6 Å². The molecule has 182 valence electrons. The van der Waals surface area contributed by atoms with Crippen LogP contribution in [0, 0.1) is 5.82 Å². The first-order valence-electron chi connectivity index (χ1n) is 10.8. The number of halogens is 2. The van der Waals surface area contributed by atoms with Crippen molar-refractivity contribution in [3.8, 4) is 0 Å². The number of benzene rings is 3. The number of carbonyl (C=O) groups excluding carboxylic acids is 4. The van der Waals surface area contributed by atoms with Crippen LogP contribution in [0.15, 0.2) is 83.5 Å². The SMILES string of the molecule is CCOC(=O)c1ccc(N2C(=O)C(Cl)=C(Nc3cccc(C(=O)Nc4ccccc4F)c3)C2=O)cc1. The zero-order chi connectivity index (χ0) is 25.8. The normalized spacial score (nSPS) is 13.1. The first-order valence-corrected chi connectivity index (χ1v) is 11.2. The summed E-state index contributed by atoms with van der Waals surface area (Å²) in [6.07, 6.45) is 0. The maximum Gasteiger partial charge on any atom is 0.338 e. The van der Waals surface area contributed by atoms with Gasteiger partial charge in [0.1, 0.15) is 16.5 Å². The largest absolute Gasteiger partial charge is 0.462 e. The van der Waals surface area contributed by atoms with Crippen LogP contribution in [-0.4, -0.2) is 30.3 Å². The Morgan fingerprint density at radius 2 is 1.67 bits per heavy atom. The summed E-state index contributed by atoms with van der Waals surface area (Å²) in [5.41, 5.74) is 0.817. The van der Waals surface area contributed by atoms with Crippen LogP contribution >= 0.6 is 11.6 Å². The second kappa shape index (κ2) is 10.4. The van der Waals surface area contributed by atoms with Gasteiger partial charge in [-0.15, -0.1) is 0 Å². The van der Waals surface area contributed by atoms with Crippen molar-refractivity contribution in [3.63, 3.8) is 0 Å². The Morgan fingerprint density at radius 3 is 2.36 bits per heavy atom. The van der Waals surface area contributed by atoms with E-state index in [2.05, 4.69) is 10.6 Å². The van der Waals surface area contributed by atoms with Gasteiger partial charge in [-0.1, -0.05) is 29.8 Å². The summed E-state index contributed by atoms with van der Waals surface area (Å²) < 4.78 is 18.8. The number of rotatable bonds is 7. The molecule has 4 rings (SSSR count). The lowest BCUT2D eigenvalue weighted by Crippen LogP contribution is -2.32. The minimum Gasteiger partial charge on any atom is -0.462 e. The summed E-state index contributed by atoms with van der Waals surface area (Å²) in [4.78, 5) is 51.1. The number of hydrogen-bond acceptors (Lipinski definition) is 6. The van der Waals surface area contributed by atoms with Crippen molar-refractivity contribution in [2.24, 2.45) is 0 Å². The monoisotopic (exact) mass is 507 g/mol. The van der Waals surface area contributed by atoms with Crippen molar-refractivity contribution in [1.82, 2.24) is 0 Å². The van der Waals surface area contributed by atoms with Crippen LogP contribution in [-0.2, 0) is 14.3 Å². The molecule has 3 aromatic rings. The molecule has 0 bridgehead atoms. The molecule has 1 aliphatic heterocycles. The minimum absolute atomic E-state index is 0.0211. The molecule has 0 saturated carbocycles. The van der Waals surface area contributed by atoms with Crippen LogP contribution in [0.5, 0.6) is 0 Å². The van der Waals surface area contributed by atoms with Crippen LogP contribution in [0.25, 0.3) is 0 Å². The Kier molecular flexibility index (Phi) is 7.12. The summed E-state index contributed by atoms with van der Waals surface area (Å²) in [5, 5.41) is 4.94. The van der Waals surface area contributed by atoms with Gasteiger partial charge in [0, 0.05) is 11.3 Å². The third-order valence-corrected chi connectivity index (χ3v) is 5.53. The number of ether oxygens (including phenoxy) is 1. The molecular weight excluding hydrogens is 489 g/mol. The van der Waals surface area contributed by atoms with E-state index < -0.39 is 29.5 Å². The van der Waals surface area contributed by atoms with Crippen molar-refractivity contribution < 1.29 is 28.3 Å². The second-order valence-electron chi connectivity index (χ2n) is 7.54. The number of hydrogen-bond donors (Lipinski definition) is 2. The Labute approximate surface area is 210 Å². The average Bonchev–Trinajstić information content (AvgIpc) is 3.08. The van der Waals surface area contributed by atoms with Crippen LogP contribution in [0.3, 0.4) is 0 Å². The van der Waals surface area contributed by atoms with E-state index in [9.17, 15) is 23.6 Å². The fourth-order valence-corrected chi connectivity index (χ4v) is 3.66. The molecule has 0 aromatic heterocycles. The molecule has 1 heterocycles. The lowest BCUT2D eigenvalue weighted by molar-refractivity contribution is -0.120. The lowest BCUT2D eigenvalue weighted by atomic mass is 10.1. The van der Waals surface area contributed by atoms with E-state index in [0.717, 1.165) is 4.90 Å². The zero-order valence-electron chi connectivity index (χ0n) is 18.9. The average molecular weight is 508 g/mol. The highest BCUT2D eigenvalue weighted by Crippen LogP contribution is 2.30. The molecule has 36 heavy (non-hydrogen) atoms. The van der Waals surface area contributed by atoms with Gasteiger partial charge in [0.25, 0.3) is 17.7 Å². The van der Waals surface area contributed by atoms with Crippen molar-refractivity contribution in [1.29, 1.82) is 0 Å². The second-order valence-corrected chi connectivity index (χ2v) is 7.92. The topological polar surface area (TPSA) is 105 Å². The van der Waals surface area contributed by atoms with Crippen molar-refractivity contribution >= 4 is 52.4 Å². The maximum absolute atomic E-state index is 13.9. The number of anilines is 3. The van der Waals surface area contributed by atoms with Gasteiger partial charge in [0.15, 0.2) is 0 Å². The van der Waals surface area contributed by atoms with Crippen LogP contribution in [0.4, 0.5) is 21.5 Å². The highest BCUT2D eigenvalue weighted by atomic mass is 35.5. The number of para-hydroxylation sites is 1. The highest BCUT2D eigenvalue weighted by molar-refractivity contribution is 6.53. The van der Waals surface area contributed by atoms with Gasteiger partial charge in [-0.05, 0) is 61.5 Å². The molecule has 0 atom stereocenters. The number of esters is 1. The minimum atomic E-state index is -0.749. The predicted molar refractivity (Wildman–Crippen MR) is 132 cm³/mol. The Morgan fingerprint density at radius 1 is 0.944 bits per heavy atom. The fraction of sp³-hybridized carbons (Fsp3) is 0.0769. The number of imide groups is 1. The Bertz CT molecular complexity index is 1400. The molecule has 1 aliphatic rings. The van der Waals surface area contributed by atoms with Crippen molar-refractivity contribution in [2.45, 2.75) is 6.92 Å². The predicted octanol–water partition coefficient (Wildman–Crippen LogP) is 4.69. The molecule has 3 amide bonds. The van der Waals surface area contributed by atoms with E-state index in [0.29, 0.717) is 5.69 Å². The molecule has 0 radical (unpaired) electrons. The smallest absolute Gasteiger partial charge is 0.338 e. The van der Waals surface area contributed by atoms with Gasteiger partial charge in [-0.25, -0.2) is 14.1 Å². The maximum atomic E-state index is 13.9. The fourth-order valence-electron chi connectivity index (χ4n) is 3.45. The quantitative estimate of drug-likeness (QED) is 0.355. The molecule has 0 fully saturated rings. The van der Waals surface area contributed by atoms with E-state index in [1.54, 1.807) is 25.1 Å².